The molecule has 0 aromatic rings. The van der Waals surface area contributed by atoms with Crippen LogP contribution in [-0.2, 0) is 9.47 Å². The Morgan fingerprint density at radius 1 is 1.38 bits per heavy atom. The topological polar surface area (TPSA) is 59.0 Å². The lowest BCUT2D eigenvalue weighted by Crippen LogP contribution is -2.55. The van der Waals surface area contributed by atoms with Gasteiger partial charge in [0.1, 0.15) is 11.3 Å². The molecule has 0 aromatic carbocycles. The first-order valence-corrected chi connectivity index (χ1v) is 5.35. The van der Waals surface area contributed by atoms with E-state index in [4.69, 9.17) is 9.47 Å². The van der Waals surface area contributed by atoms with Crippen LogP contribution in [0.25, 0.3) is 0 Å². The van der Waals surface area contributed by atoms with Crippen LogP contribution in [0.1, 0.15) is 41.5 Å². The average Bonchev–Trinajstić information content (AvgIpc) is 2.16. The summed E-state index contributed by atoms with van der Waals surface area (Å²) in [4.78, 5) is 13.2. The number of amides is 1. The van der Waals surface area contributed by atoms with Crippen molar-refractivity contribution >= 4 is 6.09 Å². The van der Waals surface area contributed by atoms with Crippen molar-refractivity contribution in [2.45, 2.75) is 58.6 Å². The molecule has 1 rings (SSSR count). The Morgan fingerprint density at radius 3 is 2.19 bits per heavy atom. The summed E-state index contributed by atoms with van der Waals surface area (Å²) in [5.41, 5.74) is -2.77. The molecule has 1 saturated heterocycles. The molecule has 0 aliphatic carbocycles. The van der Waals surface area contributed by atoms with Crippen LogP contribution in [0.15, 0.2) is 0 Å². The van der Waals surface area contributed by atoms with E-state index in [9.17, 15) is 9.90 Å². The fourth-order valence-electron chi connectivity index (χ4n) is 1.75. The predicted octanol–water partition coefficient (Wildman–Crippen LogP) is 1.70. The lowest BCUT2D eigenvalue weighted by Gasteiger charge is -2.37. The van der Waals surface area contributed by atoms with Crippen molar-refractivity contribution in [1.29, 1.82) is 0 Å². The van der Waals surface area contributed by atoms with Gasteiger partial charge in [-0.2, -0.15) is 0 Å². The smallest absolute Gasteiger partial charge is 0.414 e. The van der Waals surface area contributed by atoms with Crippen LogP contribution in [-0.4, -0.2) is 39.8 Å². The van der Waals surface area contributed by atoms with Gasteiger partial charge < -0.3 is 14.6 Å². The molecule has 1 unspecified atom stereocenters. The fourth-order valence-corrected chi connectivity index (χ4v) is 1.75. The second-order valence-electron chi connectivity index (χ2n) is 5.77. The van der Waals surface area contributed by atoms with Gasteiger partial charge >= 0.3 is 6.09 Å². The zero-order valence-electron chi connectivity index (χ0n) is 10.8. The lowest BCUT2D eigenvalue weighted by molar-refractivity contribution is -0.105. The molecule has 1 aliphatic heterocycles. The van der Waals surface area contributed by atoms with Crippen molar-refractivity contribution in [3.8, 4) is 0 Å². The standard InChI is InChI=1S/C11H21NO4/c1-9(2,3)16-8(13)12-10(4,5)15-7-11(12,6)14/h14H,7H2,1-6H3. The van der Waals surface area contributed by atoms with Crippen molar-refractivity contribution in [2.24, 2.45) is 0 Å². The van der Waals surface area contributed by atoms with E-state index >= 15 is 0 Å². The quantitative estimate of drug-likeness (QED) is 0.689. The molecule has 0 radical (unpaired) electrons. The zero-order chi connectivity index (χ0) is 12.8. The highest BCUT2D eigenvalue weighted by Crippen LogP contribution is 2.34. The fraction of sp³-hybridized carbons (Fsp3) is 0.909. The largest absolute Gasteiger partial charge is 0.444 e. The number of carbonyl (C=O) groups excluding carboxylic acids is 1. The Balaban J connectivity index is 2.89. The van der Waals surface area contributed by atoms with Gasteiger partial charge in [-0.1, -0.05) is 0 Å². The number of ether oxygens (including phenoxy) is 2. The van der Waals surface area contributed by atoms with E-state index < -0.39 is 23.1 Å². The van der Waals surface area contributed by atoms with Crippen molar-refractivity contribution in [3.05, 3.63) is 0 Å². The maximum atomic E-state index is 12.0. The van der Waals surface area contributed by atoms with Gasteiger partial charge in [-0.3, -0.25) is 0 Å². The van der Waals surface area contributed by atoms with Gasteiger partial charge in [0.2, 0.25) is 0 Å². The van der Waals surface area contributed by atoms with E-state index in [1.54, 1.807) is 34.6 Å². The van der Waals surface area contributed by atoms with Crippen LogP contribution >= 0.6 is 0 Å². The minimum Gasteiger partial charge on any atom is -0.444 e. The van der Waals surface area contributed by atoms with Crippen LogP contribution in [0.5, 0.6) is 0 Å². The Kier molecular flexibility index (Phi) is 2.98. The minimum absolute atomic E-state index is 0.0826. The number of rotatable bonds is 0. The van der Waals surface area contributed by atoms with Gasteiger partial charge in [0, 0.05) is 0 Å². The molecular weight excluding hydrogens is 210 g/mol. The van der Waals surface area contributed by atoms with E-state index in [0.717, 1.165) is 0 Å². The molecule has 0 spiro atoms. The summed E-state index contributed by atoms with van der Waals surface area (Å²) in [5.74, 6) is 0. The van der Waals surface area contributed by atoms with Crippen LogP contribution < -0.4 is 0 Å². The molecule has 1 aliphatic rings. The molecule has 1 fully saturated rings. The van der Waals surface area contributed by atoms with E-state index in [1.807, 2.05) is 0 Å². The second kappa shape index (κ2) is 3.60. The number of aliphatic hydroxyl groups is 1. The molecular formula is C11H21NO4. The summed E-state index contributed by atoms with van der Waals surface area (Å²) in [7, 11) is 0. The predicted molar refractivity (Wildman–Crippen MR) is 58.7 cm³/mol. The molecule has 0 saturated carbocycles. The summed E-state index contributed by atoms with van der Waals surface area (Å²) < 4.78 is 10.6. The Hall–Kier alpha value is -0.810. The first-order chi connectivity index (χ1) is 6.96. The van der Waals surface area contributed by atoms with Crippen LogP contribution in [0.4, 0.5) is 4.79 Å². The van der Waals surface area contributed by atoms with E-state index in [-0.39, 0.29) is 6.61 Å². The third-order valence-corrected chi connectivity index (χ3v) is 2.30. The molecule has 1 amide bonds. The molecule has 1 atom stereocenters. The number of hydrogen-bond donors (Lipinski definition) is 1. The van der Waals surface area contributed by atoms with Gasteiger partial charge in [-0.15, -0.1) is 0 Å². The van der Waals surface area contributed by atoms with Gasteiger partial charge in [0.05, 0.1) is 6.61 Å². The highest BCUT2D eigenvalue weighted by atomic mass is 16.6. The SMILES string of the molecule is CC(C)(C)OC(=O)N1C(C)(O)COC1(C)C. The lowest BCUT2D eigenvalue weighted by atomic mass is 10.2. The van der Waals surface area contributed by atoms with E-state index in [0.29, 0.717) is 0 Å². The molecule has 1 heterocycles. The van der Waals surface area contributed by atoms with Crippen molar-refractivity contribution < 1.29 is 19.4 Å². The van der Waals surface area contributed by atoms with Crippen LogP contribution in [0.2, 0.25) is 0 Å². The maximum Gasteiger partial charge on any atom is 0.414 e. The van der Waals surface area contributed by atoms with Crippen LogP contribution in [0, 0.1) is 0 Å². The molecule has 0 aromatic heterocycles. The van der Waals surface area contributed by atoms with E-state index in [2.05, 4.69) is 0 Å². The van der Waals surface area contributed by atoms with E-state index in [1.165, 1.54) is 11.8 Å². The van der Waals surface area contributed by atoms with Gasteiger partial charge in [0.15, 0.2) is 5.72 Å². The van der Waals surface area contributed by atoms with Gasteiger partial charge in [0.25, 0.3) is 0 Å². The number of carbonyl (C=O) groups is 1. The molecule has 0 bridgehead atoms. The normalized spacial score (nSPS) is 29.3. The summed E-state index contributed by atoms with van der Waals surface area (Å²) in [6.45, 7) is 10.4. The third-order valence-electron chi connectivity index (χ3n) is 2.30. The number of nitrogens with zero attached hydrogens (tertiary/aromatic N) is 1. The maximum absolute atomic E-state index is 12.0. The Bertz CT molecular complexity index is 275. The summed E-state index contributed by atoms with van der Waals surface area (Å²) >= 11 is 0. The van der Waals surface area contributed by atoms with Crippen molar-refractivity contribution in [1.82, 2.24) is 4.90 Å². The van der Waals surface area contributed by atoms with Crippen molar-refractivity contribution in [3.63, 3.8) is 0 Å². The molecule has 1 N–H and O–H groups in total. The molecule has 16 heavy (non-hydrogen) atoms. The highest BCUT2D eigenvalue weighted by molar-refractivity contribution is 5.70. The zero-order valence-corrected chi connectivity index (χ0v) is 10.8. The second-order valence-corrected chi connectivity index (χ2v) is 5.77. The molecule has 5 nitrogen and oxygen atoms in total. The Morgan fingerprint density at radius 2 is 1.88 bits per heavy atom. The summed E-state index contributed by atoms with van der Waals surface area (Å²) in [5, 5.41) is 10.1. The summed E-state index contributed by atoms with van der Waals surface area (Å²) in [6.07, 6.45) is -0.569. The summed E-state index contributed by atoms with van der Waals surface area (Å²) in [6, 6.07) is 0. The van der Waals surface area contributed by atoms with Crippen molar-refractivity contribution in [2.75, 3.05) is 6.61 Å². The monoisotopic (exact) mass is 231 g/mol. The Labute approximate surface area is 96.3 Å². The molecule has 94 valence electrons. The first kappa shape index (κ1) is 13.3. The van der Waals surface area contributed by atoms with Crippen LogP contribution in [0.3, 0.4) is 0 Å². The molecule has 5 heteroatoms. The highest BCUT2D eigenvalue weighted by Gasteiger charge is 2.52. The average molecular weight is 231 g/mol. The minimum atomic E-state index is -1.33. The number of hydrogen-bond acceptors (Lipinski definition) is 4. The first-order valence-electron chi connectivity index (χ1n) is 5.35. The van der Waals surface area contributed by atoms with Gasteiger partial charge in [-0.05, 0) is 41.5 Å². The third kappa shape index (κ3) is 2.65. The van der Waals surface area contributed by atoms with Gasteiger partial charge in [-0.25, -0.2) is 9.69 Å².